The fraction of sp³-hybridized carbons (Fsp3) is 0.520. The Bertz CT molecular complexity index is 808. The quantitative estimate of drug-likeness (QED) is 0.446. The van der Waals surface area contributed by atoms with Crippen LogP contribution in [0.4, 0.5) is 0 Å². The minimum atomic E-state index is -0.670. The zero-order valence-electron chi connectivity index (χ0n) is 19.0. The highest BCUT2D eigenvalue weighted by Gasteiger charge is 2.23. The van der Waals surface area contributed by atoms with E-state index >= 15 is 0 Å². The SMILES string of the molecule is CC(C)(c1ccc(OC[C@@H](O)CCl)cc1)c1ccc(OC[C@H](O)CN2CCNCC2)cc1. The van der Waals surface area contributed by atoms with E-state index in [-0.39, 0.29) is 24.5 Å². The fourth-order valence-corrected chi connectivity index (χ4v) is 3.87. The number of nitrogens with zero attached hydrogens (tertiary/aromatic N) is 1. The Morgan fingerprint density at radius 2 is 1.34 bits per heavy atom. The molecular formula is C25H35ClN2O4. The largest absolute Gasteiger partial charge is 0.491 e. The molecular weight excluding hydrogens is 428 g/mol. The summed E-state index contributed by atoms with van der Waals surface area (Å²) in [5.74, 6) is 1.61. The van der Waals surface area contributed by atoms with E-state index in [1.165, 1.54) is 0 Å². The summed E-state index contributed by atoms with van der Waals surface area (Å²) in [6, 6.07) is 16.0. The highest BCUT2D eigenvalue weighted by molar-refractivity contribution is 6.18. The summed E-state index contributed by atoms with van der Waals surface area (Å²) in [7, 11) is 0. The van der Waals surface area contributed by atoms with Gasteiger partial charge >= 0.3 is 0 Å². The highest BCUT2D eigenvalue weighted by atomic mass is 35.5. The lowest BCUT2D eigenvalue weighted by atomic mass is 9.78. The van der Waals surface area contributed by atoms with Gasteiger partial charge in [-0.05, 0) is 35.4 Å². The smallest absolute Gasteiger partial charge is 0.119 e. The summed E-state index contributed by atoms with van der Waals surface area (Å²) in [5, 5.41) is 23.1. The zero-order chi connectivity index (χ0) is 23.0. The van der Waals surface area contributed by atoms with Crippen LogP contribution in [0.1, 0.15) is 25.0 Å². The van der Waals surface area contributed by atoms with E-state index in [0.717, 1.165) is 43.1 Å². The van der Waals surface area contributed by atoms with Crippen LogP contribution in [0.3, 0.4) is 0 Å². The van der Waals surface area contributed by atoms with Crippen molar-refractivity contribution < 1.29 is 19.7 Å². The molecule has 0 unspecified atom stereocenters. The molecule has 6 nitrogen and oxygen atoms in total. The topological polar surface area (TPSA) is 74.2 Å². The molecule has 2 aromatic carbocycles. The van der Waals surface area contributed by atoms with Crippen LogP contribution in [0.15, 0.2) is 48.5 Å². The van der Waals surface area contributed by atoms with E-state index in [0.29, 0.717) is 12.3 Å². The zero-order valence-corrected chi connectivity index (χ0v) is 19.7. The van der Waals surface area contributed by atoms with E-state index in [4.69, 9.17) is 21.1 Å². The summed E-state index contributed by atoms with van der Waals surface area (Å²) in [5.41, 5.74) is 2.12. The van der Waals surface area contributed by atoms with Crippen molar-refractivity contribution in [2.45, 2.75) is 31.5 Å². The lowest BCUT2D eigenvalue weighted by Gasteiger charge is -2.29. The number of aliphatic hydroxyl groups excluding tert-OH is 2. The Kier molecular flexibility index (Phi) is 9.20. The van der Waals surface area contributed by atoms with E-state index < -0.39 is 12.2 Å². The van der Waals surface area contributed by atoms with Crippen molar-refractivity contribution in [1.82, 2.24) is 10.2 Å². The predicted molar refractivity (Wildman–Crippen MR) is 128 cm³/mol. The maximum atomic E-state index is 10.3. The van der Waals surface area contributed by atoms with Crippen LogP contribution < -0.4 is 14.8 Å². The lowest BCUT2D eigenvalue weighted by molar-refractivity contribution is 0.0641. The number of alkyl halides is 1. The van der Waals surface area contributed by atoms with Gasteiger partial charge in [-0.2, -0.15) is 0 Å². The molecule has 176 valence electrons. The molecule has 1 aliphatic rings. The first-order valence-electron chi connectivity index (χ1n) is 11.2. The van der Waals surface area contributed by atoms with E-state index in [1.54, 1.807) is 0 Å². The van der Waals surface area contributed by atoms with Crippen molar-refractivity contribution in [3.8, 4) is 11.5 Å². The first-order valence-corrected chi connectivity index (χ1v) is 11.7. The molecule has 0 amide bonds. The van der Waals surface area contributed by atoms with Crippen LogP contribution in [0, 0.1) is 0 Å². The first-order chi connectivity index (χ1) is 15.4. The number of hydrogen-bond acceptors (Lipinski definition) is 6. The van der Waals surface area contributed by atoms with Crippen molar-refractivity contribution >= 4 is 11.6 Å². The van der Waals surface area contributed by atoms with Gasteiger partial charge in [-0.1, -0.05) is 38.1 Å². The van der Waals surface area contributed by atoms with Gasteiger partial charge < -0.3 is 25.0 Å². The molecule has 1 saturated heterocycles. The number of rotatable bonds is 11. The Morgan fingerprint density at radius 1 is 0.875 bits per heavy atom. The predicted octanol–water partition coefficient (Wildman–Crippen LogP) is 2.64. The number of ether oxygens (including phenoxy) is 2. The monoisotopic (exact) mass is 462 g/mol. The molecule has 0 spiro atoms. The third kappa shape index (κ3) is 7.09. The number of benzene rings is 2. The van der Waals surface area contributed by atoms with E-state index in [1.807, 2.05) is 36.4 Å². The molecule has 1 aliphatic heterocycles. The average Bonchev–Trinajstić information content (AvgIpc) is 2.82. The Labute approximate surface area is 196 Å². The van der Waals surface area contributed by atoms with Crippen molar-refractivity contribution in [2.75, 3.05) is 51.8 Å². The first kappa shape index (κ1) is 24.8. The summed E-state index contributed by atoms with van der Waals surface area (Å²) in [6.45, 7) is 9.31. The molecule has 32 heavy (non-hydrogen) atoms. The second-order valence-corrected chi connectivity index (χ2v) is 9.12. The molecule has 1 heterocycles. The molecule has 7 heteroatoms. The minimum absolute atomic E-state index is 0.153. The number of β-amino-alcohol motifs (C(OH)–C–C–N with tert-alkyl or cyclic N) is 1. The van der Waals surface area contributed by atoms with E-state index in [9.17, 15) is 10.2 Å². The third-order valence-electron chi connectivity index (χ3n) is 5.89. The summed E-state index contributed by atoms with van der Waals surface area (Å²) >= 11 is 5.60. The molecule has 1 fully saturated rings. The Balaban J connectivity index is 1.53. The van der Waals surface area contributed by atoms with Crippen molar-refractivity contribution in [2.24, 2.45) is 0 Å². The van der Waals surface area contributed by atoms with Gasteiger partial charge in [0, 0.05) is 38.1 Å². The van der Waals surface area contributed by atoms with Gasteiger partial charge in [0.05, 0.1) is 5.88 Å². The lowest BCUT2D eigenvalue weighted by Crippen LogP contribution is -2.47. The molecule has 2 atom stereocenters. The fourth-order valence-electron chi connectivity index (χ4n) is 3.78. The molecule has 2 aromatic rings. The normalized spacial score (nSPS) is 17.0. The Morgan fingerprint density at radius 3 is 1.81 bits per heavy atom. The summed E-state index contributed by atoms with van der Waals surface area (Å²) in [6.07, 6.45) is -1.17. The maximum Gasteiger partial charge on any atom is 0.119 e. The maximum absolute atomic E-state index is 10.3. The van der Waals surface area contributed by atoms with Gasteiger partial charge in [0.25, 0.3) is 0 Å². The highest BCUT2D eigenvalue weighted by Crippen LogP contribution is 2.33. The van der Waals surface area contributed by atoms with Crippen LogP contribution in [0.25, 0.3) is 0 Å². The minimum Gasteiger partial charge on any atom is -0.491 e. The van der Waals surface area contributed by atoms with Gasteiger partial charge in [-0.3, -0.25) is 4.90 Å². The number of aliphatic hydroxyl groups is 2. The number of nitrogens with one attached hydrogen (secondary N) is 1. The van der Waals surface area contributed by atoms with Gasteiger partial charge in [0.2, 0.25) is 0 Å². The van der Waals surface area contributed by atoms with E-state index in [2.05, 4.69) is 36.2 Å². The van der Waals surface area contributed by atoms with Crippen molar-refractivity contribution in [3.05, 3.63) is 59.7 Å². The summed E-state index contributed by atoms with van der Waals surface area (Å²) < 4.78 is 11.4. The second kappa shape index (κ2) is 11.9. The molecule has 3 rings (SSSR count). The molecule has 0 aromatic heterocycles. The molecule has 0 aliphatic carbocycles. The Hall–Kier alpha value is -1.83. The van der Waals surface area contributed by atoms with Crippen molar-refractivity contribution in [1.29, 1.82) is 0 Å². The van der Waals surface area contributed by atoms with Gasteiger partial charge in [-0.25, -0.2) is 0 Å². The van der Waals surface area contributed by atoms with Crippen LogP contribution in [0.5, 0.6) is 11.5 Å². The molecule has 3 N–H and O–H groups in total. The van der Waals surface area contributed by atoms with Crippen LogP contribution in [0.2, 0.25) is 0 Å². The molecule has 0 radical (unpaired) electrons. The number of piperazine rings is 1. The van der Waals surface area contributed by atoms with Crippen LogP contribution >= 0.6 is 11.6 Å². The van der Waals surface area contributed by atoms with Crippen molar-refractivity contribution in [3.63, 3.8) is 0 Å². The number of halogens is 1. The van der Waals surface area contributed by atoms with Gasteiger partial charge in [0.1, 0.15) is 36.9 Å². The van der Waals surface area contributed by atoms with Gasteiger partial charge in [-0.15, -0.1) is 11.6 Å². The second-order valence-electron chi connectivity index (χ2n) is 8.81. The molecule has 0 saturated carbocycles. The average molecular weight is 463 g/mol. The van der Waals surface area contributed by atoms with Gasteiger partial charge in [0.15, 0.2) is 0 Å². The standard InChI is InChI=1S/C25H35ClN2O4/c1-25(2,19-3-7-23(8-4-19)31-17-21(29)15-26)20-5-9-24(10-6-20)32-18-22(30)16-28-13-11-27-12-14-28/h3-10,21-22,27,29-30H,11-18H2,1-2H3/t21-,22+/m0/s1. The third-order valence-corrected chi connectivity index (χ3v) is 6.25. The van der Waals surface area contributed by atoms with Crippen LogP contribution in [-0.4, -0.2) is 79.1 Å². The number of hydrogen-bond donors (Lipinski definition) is 3. The summed E-state index contributed by atoms with van der Waals surface area (Å²) in [4.78, 5) is 2.26. The van der Waals surface area contributed by atoms with Crippen LogP contribution in [-0.2, 0) is 5.41 Å². The molecule has 0 bridgehead atoms.